The van der Waals surface area contributed by atoms with Crippen molar-refractivity contribution < 1.29 is 0 Å². The summed E-state index contributed by atoms with van der Waals surface area (Å²) >= 11 is 0. The van der Waals surface area contributed by atoms with Gasteiger partial charge in [0.1, 0.15) is 12.0 Å². The van der Waals surface area contributed by atoms with E-state index in [9.17, 15) is 0 Å². The molecule has 2 heterocycles. The molecule has 0 bridgehead atoms. The number of nitrogens with zero attached hydrogens (tertiary/aromatic N) is 2. The van der Waals surface area contributed by atoms with Crippen molar-refractivity contribution in [3.8, 4) is 0 Å². The van der Waals surface area contributed by atoms with Gasteiger partial charge in [0.25, 0.3) is 0 Å². The minimum Gasteiger partial charge on any atom is -0.332 e. The minimum absolute atomic E-state index is 0.0610. The van der Waals surface area contributed by atoms with Gasteiger partial charge in [-0.2, -0.15) is 0 Å². The molecule has 0 saturated carbocycles. The predicted octanol–water partition coefficient (Wildman–Crippen LogP) is 1.65. The largest absolute Gasteiger partial charge is 0.332 e. The smallest absolute Gasteiger partial charge is 0.128 e. The van der Waals surface area contributed by atoms with E-state index in [4.69, 9.17) is 5.73 Å². The summed E-state index contributed by atoms with van der Waals surface area (Å²) in [6, 6.07) is 2.02. The Labute approximate surface area is 83.8 Å². The number of aliphatic imine (C=N–C) groups is 1. The summed E-state index contributed by atoms with van der Waals surface area (Å²) in [6.07, 6.45) is 3.48. The highest BCUT2D eigenvalue weighted by Gasteiger charge is 2.22. The maximum atomic E-state index is 5.85. The molecule has 1 aliphatic rings. The van der Waals surface area contributed by atoms with E-state index in [1.165, 1.54) is 0 Å². The Balaban J connectivity index is 2.49. The van der Waals surface area contributed by atoms with Gasteiger partial charge in [0.2, 0.25) is 0 Å². The maximum Gasteiger partial charge on any atom is 0.128 e. The van der Waals surface area contributed by atoms with E-state index < -0.39 is 0 Å². The third kappa shape index (κ3) is 1.32. The van der Waals surface area contributed by atoms with Crippen molar-refractivity contribution >= 4 is 12.2 Å². The van der Waals surface area contributed by atoms with Crippen molar-refractivity contribution in [1.82, 2.24) is 4.57 Å². The first-order valence-corrected chi connectivity index (χ1v) is 4.75. The van der Waals surface area contributed by atoms with E-state index in [1.807, 2.05) is 12.3 Å². The van der Waals surface area contributed by atoms with Crippen LogP contribution in [-0.4, -0.2) is 10.9 Å². The highest BCUT2D eigenvalue weighted by molar-refractivity contribution is 5.79. The number of hydrogen-bond acceptors (Lipinski definition) is 3. The molecule has 0 spiro atoms. The van der Waals surface area contributed by atoms with Crippen molar-refractivity contribution in [1.29, 1.82) is 0 Å². The lowest BCUT2D eigenvalue weighted by atomic mass is 10.1. The first-order valence-electron chi connectivity index (χ1n) is 4.75. The molecule has 0 amide bonds. The number of aromatic nitrogens is 1. The summed E-state index contributed by atoms with van der Waals surface area (Å²) in [7, 11) is 0. The second kappa shape index (κ2) is 2.85. The minimum atomic E-state index is -0.227. The number of fused-ring (bicyclic) bond motifs is 1. The Kier molecular flexibility index (Phi) is 1.89. The van der Waals surface area contributed by atoms with Crippen LogP contribution in [0.25, 0.3) is 0 Å². The van der Waals surface area contributed by atoms with Crippen LogP contribution in [0.5, 0.6) is 0 Å². The SMILES string of the molecule is CC(C)(C)n1ccc2c1NC=NC2N. The number of nitrogens with two attached hydrogens (primary N) is 1. The molecule has 1 aromatic rings. The average molecular weight is 192 g/mol. The summed E-state index contributed by atoms with van der Waals surface area (Å²) in [5.74, 6) is 1.06. The molecule has 76 valence electrons. The van der Waals surface area contributed by atoms with Crippen LogP contribution < -0.4 is 11.1 Å². The Bertz CT molecular complexity index is 370. The molecule has 3 N–H and O–H groups in total. The van der Waals surface area contributed by atoms with Crippen molar-refractivity contribution in [2.45, 2.75) is 32.5 Å². The lowest BCUT2D eigenvalue weighted by molar-refractivity contribution is 0.403. The fourth-order valence-corrected chi connectivity index (χ4v) is 1.66. The van der Waals surface area contributed by atoms with Gasteiger partial charge in [0, 0.05) is 17.3 Å². The van der Waals surface area contributed by atoms with Gasteiger partial charge >= 0.3 is 0 Å². The fraction of sp³-hybridized carbons (Fsp3) is 0.500. The van der Waals surface area contributed by atoms with Crippen LogP contribution in [0, 0.1) is 0 Å². The van der Waals surface area contributed by atoms with Crippen molar-refractivity contribution in [3.05, 3.63) is 17.8 Å². The van der Waals surface area contributed by atoms with Crippen LogP contribution in [0.15, 0.2) is 17.3 Å². The van der Waals surface area contributed by atoms with Crippen LogP contribution in [0.2, 0.25) is 0 Å². The fourth-order valence-electron chi connectivity index (χ4n) is 1.66. The summed E-state index contributed by atoms with van der Waals surface area (Å²) in [4.78, 5) is 4.09. The zero-order chi connectivity index (χ0) is 10.3. The molecule has 1 aliphatic heterocycles. The van der Waals surface area contributed by atoms with Crippen LogP contribution >= 0.6 is 0 Å². The highest BCUT2D eigenvalue weighted by atomic mass is 15.2. The molecule has 0 saturated heterocycles. The lowest BCUT2D eigenvalue weighted by Crippen LogP contribution is -2.25. The van der Waals surface area contributed by atoms with E-state index in [-0.39, 0.29) is 11.7 Å². The van der Waals surface area contributed by atoms with E-state index in [0.717, 1.165) is 11.4 Å². The van der Waals surface area contributed by atoms with Crippen molar-refractivity contribution in [3.63, 3.8) is 0 Å². The summed E-state index contributed by atoms with van der Waals surface area (Å²) in [6.45, 7) is 6.48. The van der Waals surface area contributed by atoms with Crippen molar-refractivity contribution in [2.75, 3.05) is 5.32 Å². The third-order valence-corrected chi connectivity index (χ3v) is 2.40. The lowest BCUT2D eigenvalue weighted by Gasteiger charge is -2.26. The van der Waals surface area contributed by atoms with Gasteiger partial charge in [0.15, 0.2) is 0 Å². The molecule has 0 radical (unpaired) electrons. The Morgan fingerprint density at radius 1 is 1.50 bits per heavy atom. The van der Waals surface area contributed by atoms with Gasteiger partial charge < -0.3 is 15.6 Å². The van der Waals surface area contributed by atoms with Gasteiger partial charge in [-0.1, -0.05) is 0 Å². The standard InChI is InChI=1S/C10H16N4/c1-10(2,3)14-5-4-7-8(11)12-6-13-9(7)14/h4-6,8H,11H2,1-3H3,(H,12,13). The van der Waals surface area contributed by atoms with Gasteiger partial charge in [-0.15, -0.1) is 0 Å². The summed E-state index contributed by atoms with van der Waals surface area (Å²) < 4.78 is 2.17. The second-order valence-electron chi connectivity index (χ2n) is 4.53. The van der Waals surface area contributed by atoms with Crippen LogP contribution in [0.4, 0.5) is 5.82 Å². The molecule has 0 fully saturated rings. The average Bonchev–Trinajstić information content (AvgIpc) is 2.47. The first-order chi connectivity index (χ1) is 6.50. The van der Waals surface area contributed by atoms with E-state index in [0.29, 0.717) is 0 Å². The molecular formula is C10H16N4. The number of anilines is 1. The summed E-state index contributed by atoms with van der Waals surface area (Å²) in [5.41, 5.74) is 6.97. The molecule has 1 aromatic heterocycles. The zero-order valence-electron chi connectivity index (χ0n) is 8.78. The van der Waals surface area contributed by atoms with Gasteiger partial charge in [0.05, 0.1) is 6.34 Å². The topological polar surface area (TPSA) is 55.3 Å². The number of hydrogen-bond donors (Lipinski definition) is 2. The van der Waals surface area contributed by atoms with E-state index in [1.54, 1.807) is 6.34 Å². The van der Waals surface area contributed by atoms with Crippen LogP contribution in [0.1, 0.15) is 32.5 Å². The normalized spacial score (nSPS) is 20.4. The number of nitrogens with one attached hydrogen (secondary N) is 1. The molecule has 4 nitrogen and oxygen atoms in total. The summed E-state index contributed by atoms with van der Waals surface area (Å²) in [5, 5.41) is 3.14. The Hall–Kier alpha value is -1.29. The van der Waals surface area contributed by atoms with Crippen LogP contribution in [0.3, 0.4) is 0 Å². The van der Waals surface area contributed by atoms with Crippen molar-refractivity contribution in [2.24, 2.45) is 10.7 Å². The monoisotopic (exact) mass is 192 g/mol. The molecule has 2 rings (SSSR count). The zero-order valence-corrected chi connectivity index (χ0v) is 8.78. The van der Waals surface area contributed by atoms with E-state index >= 15 is 0 Å². The molecule has 4 heteroatoms. The van der Waals surface area contributed by atoms with Gasteiger partial charge in [-0.3, -0.25) is 4.99 Å². The molecule has 1 atom stereocenters. The first kappa shape index (κ1) is 9.27. The van der Waals surface area contributed by atoms with Gasteiger partial charge in [-0.25, -0.2) is 0 Å². The second-order valence-corrected chi connectivity index (χ2v) is 4.53. The number of rotatable bonds is 0. The quantitative estimate of drug-likeness (QED) is 0.656. The molecule has 1 unspecified atom stereocenters. The Morgan fingerprint density at radius 2 is 2.21 bits per heavy atom. The highest BCUT2D eigenvalue weighted by Crippen LogP contribution is 2.30. The van der Waals surface area contributed by atoms with E-state index in [2.05, 4.69) is 35.6 Å². The molecular weight excluding hydrogens is 176 g/mol. The Morgan fingerprint density at radius 3 is 2.86 bits per heavy atom. The third-order valence-electron chi connectivity index (χ3n) is 2.40. The van der Waals surface area contributed by atoms with Crippen LogP contribution in [-0.2, 0) is 5.54 Å². The molecule has 0 aromatic carbocycles. The molecule has 14 heavy (non-hydrogen) atoms. The maximum absolute atomic E-state index is 5.85. The molecule has 0 aliphatic carbocycles. The predicted molar refractivity (Wildman–Crippen MR) is 58.5 cm³/mol. The van der Waals surface area contributed by atoms with Gasteiger partial charge in [-0.05, 0) is 26.8 Å².